The summed E-state index contributed by atoms with van der Waals surface area (Å²) in [4.78, 5) is 8.68. The molecule has 1 rings (SSSR count). The van der Waals surface area contributed by atoms with Crippen LogP contribution in [0.5, 0.6) is 0 Å². The van der Waals surface area contributed by atoms with Crippen LogP contribution in [0.1, 0.15) is 39.2 Å². The van der Waals surface area contributed by atoms with Gasteiger partial charge in [-0.05, 0) is 18.3 Å². The molecule has 114 valence electrons. The molecule has 0 saturated heterocycles. The number of rotatable bonds is 9. The Hall–Kier alpha value is -1.36. The van der Waals surface area contributed by atoms with Crippen LogP contribution in [0.25, 0.3) is 0 Å². The Morgan fingerprint density at radius 3 is 2.55 bits per heavy atom. The number of hydrogen-bond acceptors (Lipinski definition) is 5. The molecule has 0 spiro atoms. The van der Waals surface area contributed by atoms with Crippen molar-refractivity contribution < 1.29 is 4.74 Å². The van der Waals surface area contributed by atoms with Gasteiger partial charge in [-0.15, -0.1) is 0 Å². The molecule has 0 aliphatic heterocycles. The second kappa shape index (κ2) is 8.04. The Labute approximate surface area is 122 Å². The van der Waals surface area contributed by atoms with Gasteiger partial charge in [0, 0.05) is 32.9 Å². The quantitative estimate of drug-likeness (QED) is 0.728. The molecule has 0 unspecified atom stereocenters. The lowest BCUT2D eigenvalue weighted by atomic mass is 9.89. The van der Waals surface area contributed by atoms with Crippen LogP contribution >= 0.6 is 0 Å². The molecule has 5 nitrogen and oxygen atoms in total. The molecule has 1 aromatic rings. The van der Waals surface area contributed by atoms with Gasteiger partial charge in [-0.25, -0.2) is 9.97 Å². The van der Waals surface area contributed by atoms with E-state index in [1.807, 2.05) is 7.05 Å². The number of aromatic nitrogens is 2. The van der Waals surface area contributed by atoms with Crippen LogP contribution in [0.15, 0.2) is 6.33 Å². The molecule has 0 radical (unpaired) electrons. The standard InChI is InChI=1S/C15H28N4O/c1-6-7-12-13(16-4)18-11-19-14(12)17-10-15(2,3)8-9-20-5/h11H,6-10H2,1-5H3,(H2,16,17,18,19). The van der Waals surface area contributed by atoms with Crippen LogP contribution in [0.4, 0.5) is 11.6 Å². The molecule has 1 heterocycles. The van der Waals surface area contributed by atoms with E-state index in [2.05, 4.69) is 41.4 Å². The zero-order valence-corrected chi connectivity index (χ0v) is 13.4. The maximum absolute atomic E-state index is 5.17. The maximum atomic E-state index is 5.17. The van der Waals surface area contributed by atoms with Crippen molar-refractivity contribution >= 4 is 11.6 Å². The molecule has 0 atom stereocenters. The summed E-state index contributed by atoms with van der Waals surface area (Å²) >= 11 is 0. The first-order chi connectivity index (χ1) is 9.54. The summed E-state index contributed by atoms with van der Waals surface area (Å²) in [6.07, 6.45) is 4.67. The minimum atomic E-state index is 0.171. The average Bonchev–Trinajstić information content (AvgIpc) is 2.44. The third kappa shape index (κ3) is 4.96. The van der Waals surface area contributed by atoms with Crippen molar-refractivity contribution in [1.82, 2.24) is 9.97 Å². The van der Waals surface area contributed by atoms with Crippen LogP contribution in [0, 0.1) is 5.41 Å². The van der Waals surface area contributed by atoms with Crippen LogP contribution in [-0.4, -0.2) is 37.3 Å². The van der Waals surface area contributed by atoms with Gasteiger partial charge >= 0.3 is 0 Å². The summed E-state index contributed by atoms with van der Waals surface area (Å²) in [5.74, 6) is 1.86. The first kappa shape index (κ1) is 16.7. The highest BCUT2D eigenvalue weighted by atomic mass is 16.5. The largest absolute Gasteiger partial charge is 0.385 e. The van der Waals surface area contributed by atoms with Gasteiger partial charge in [0.1, 0.15) is 18.0 Å². The Morgan fingerprint density at radius 1 is 1.25 bits per heavy atom. The molecule has 0 amide bonds. The van der Waals surface area contributed by atoms with Crippen molar-refractivity contribution in [2.75, 3.05) is 37.9 Å². The fourth-order valence-electron chi connectivity index (χ4n) is 2.06. The van der Waals surface area contributed by atoms with Crippen LogP contribution in [-0.2, 0) is 11.2 Å². The lowest BCUT2D eigenvalue weighted by Gasteiger charge is -2.25. The Kier molecular flexibility index (Phi) is 6.71. The lowest BCUT2D eigenvalue weighted by Crippen LogP contribution is -2.25. The lowest BCUT2D eigenvalue weighted by molar-refractivity contribution is 0.157. The molecular formula is C15H28N4O. The van der Waals surface area contributed by atoms with Crippen LogP contribution in [0.2, 0.25) is 0 Å². The molecule has 0 aromatic carbocycles. The molecule has 0 bridgehead atoms. The van der Waals surface area contributed by atoms with Gasteiger partial charge in [0.05, 0.1) is 0 Å². The normalized spacial score (nSPS) is 11.4. The van der Waals surface area contributed by atoms with Crippen molar-refractivity contribution in [3.05, 3.63) is 11.9 Å². The number of nitrogens with zero attached hydrogens (tertiary/aromatic N) is 2. The third-order valence-corrected chi connectivity index (χ3v) is 3.40. The summed E-state index contributed by atoms with van der Waals surface area (Å²) in [7, 11) is 3.64. The monoisotopic (exact) mass is 280 g/mol. The van der Waals surface area contributed by atoms with E-state index in [9.17, 15) is 0 Å². The highest BCUT2D eigenvalue weighted by Gasteiger charge is 2.19. The van der Waals surface area contributed by atoms with Crippen molar-refractivity contribution in [1.29, 1.82) is 0 Å². The first-order valence-corrected chi connectivity index (χ1v) is 7.28. The predicted octanol–water partition coefficient (Wildman–Crippen LogP) is 2.95. The molecule has 20 heavy (non-hydrogen) atoms. The van der Waals surface area contributed by atoms with E-state index in [1.54, 1.807) is 13.4 Å². The van der Waals surface area contributed by atoms with Gasteiger partial charge in [-0.2, -0.15) is 0 Å². The van der Waals surface area contributed by atoms with E-state index in [0.29, 0.717) is 0 Å². The molecule has 1 aromatic heterocycles. The molecule has 0 saturated carbocycles. The third-order valence-electron chi connectivity index (χ3n) is 3.40. The van der Waals surface area contributed by atoms with Gasteiger partial charge < -0.3 is 15.4 Å². The SMILES string of the molecule is CCCc1c(NC)ncnc1NCC(C)(C)CCOC. The van der Waals surface area contributed by atoms with Crippen LogP contribution in [0.3, 0.4) is 0 Å². The Morgan fingerprint density at radius 2 is 1.95 bits per heavy atom. The van der Waals surface area contributed by atoms with Crippen molar-refractivity contribution in [3.63, 3.8) is 0 Å². The summed E-state index contributed by atoms with van der Waals surface area (Å²) in [5.41, 5.74) is 1.34. The fraction of sp³-hybridized carbons (Fsp3) is 0.733. The minimum Gasteiger partial charge on any atom is -0.385 e. The summed E-state index contributed by atoms with van der Waals surface area (Å²) < 4.78 is 5.17. The number of nitrogens with one attached hydrogen (secondary N) is 2. The maximum Gasteiger partial charge on any atom is 0.134 e. The molecule has 5 heteroatoms. The second-order valence-electron chi connectivity index (χ2n) is 5.81. The average molecular weight is 280 g/mol. The summed E-state index contributed by atoms with van der Waals surface area (Å²) in [6, 6.07) is 0. The second-order valence-corrected chi connectivity index (χ2v) is 5.81. The molecule has 0 aliphatic rings. The molecule has 0 aliphatic carbocycles. The smallest absolute Gasteiger partial charge is 0.134 e. The van der Waals surface area contributed by atoms with E-state index in [1.165, 1.54) is 5.56 Å². The van der Waals surface area contributed by atoms with E-state index in [4.69, 9.17) is 4.74 Å². The highest BCUT2D eigenvalue weighted by Crippen LogP contribution is 2.25. The van der Waals surface area contributed by atoms with Gasteiger partial charge in [0.25, 0.3) is 0 Å². The topological polar surface area (TPSA) is 59.1 Å². The summed E-state index contributed by atoms with van der Waals surface area (Å²) in [5, 5.41) is 6.62. The number of methoxy groups -OCH3 is 1. The van der Waals surface area contributed by atoms with E-state index < -0.39 is 0 Å². The van der Waals surface area contributed by atoms with Crippen molar-refractivity contribution in [3.8, 4) is 0 Å². The van der Waals surface area contributed by atoms with Gasteiger partial charge in [0.15, 0.2) is 0 Å². The molecule has 2 N–H and O–H groups in total. The fourth-order valence-corrected chi connectivity index (χ4v) is 2.06. The first-order valence-electron chi connectivity index (χ1n) is 7.28. The number of ether oxygens (including phenoxy) is 1. The Bertz CT molecular complexity index is 407. The minimum absolute atomic E-state index is 0.171. The van der Waals surface area contributed by atoms with Gasteiger partial charge in [-0.1, -0.05) is 27.2 Å². The zero-order chi connectivity index (χ0) is 15.0. The molecule has 0 fully saturated rings. The van der Waals surface area contributed by atoms with E-state index >= 15 is 0 Å². The number of anilines is 2. The predicted molar refractivity (Wildman–Crippen MR) is 84.3 cm³/mol. The van der Waals surface area contributed by atoms with Gasteiger partial charge in [0.2, 0.25) is 0 Å². The Balaban J connectivity index is 2.76. The molecular weight excluding hydrogens is 252 g/mol. The summed E-state index contributed by atoms with van der Waals surface area (Å²) in [6.45, 7) is 8.28. The van der Waals surface area contributed by atoms with Crippen molar-refractivity contribution in [2.24, 2.45) is 5.41 Å². The van der Waals surface area contributed by atoms with E-state index in [-0.39, 0.29) is 5.41 Å². The van der Waals surface area contributed by atoms with Crippen molar-refractivity contribution in [2.45, 2.75) is 40.0 Å². The number of hydrogen-bond donors (Lipinski definition) is 2. The zero-order valence-electron chi connectivity index (χ0n) is 13.4. The highest BCUT2D eigenvalue weighted by molar-refractivity contribution is 5.57. The van der Waals surface area contributed by atoms with Gasteiger partial charge in [-0.3, -0.25) is 0 Å². The van der Waals surface area contributed by atoms with E-state index in [0.717, 1.165) is 44.0 Å². The van der Waals surface area contributed by atoms with Crippen LogP contribution < -0.4 is 10.6 Å².